The summed E-state index contributed by atoms with van der Waals surface area (Å²) in [4.78, 5) is 6.28. The average molecular weight is 274 g/mol. The fourth-order valence-electron chi connectivity index (χ4n) is 2.74. The number of aliphatic hydroxyl groups is 2. The molecule has 3 heterocycles. The molecule has 2 atom stereocenters. The summed E-state index contributed by atoms with van der Waals surface area (Å²) in [5.74, 6) is 2.18. The lowest BCUT2D eigenvalue weighted by atomic mass is 10.1. The molecule has 4 rings (SSSR count). The van der Waals surface area contributed by atoms with E-state index in [2.05, 4.69) is 4.98 Å². The molecule has 0 amide bonds. The summed E-state index contributed by atoms with van der Waals surface area (Å²) in [7, 11) is 0. The molecule has 2 unspecified atom stereocenters. The lowest BCUT2D eigenvalue weighted by Gasteiger charge is -2.18. The van der Waals surface area contributed by atoms with Crippen molar-refractivity contribution in [3.8, 4) is 11.5 Å². The Bertz CT molecular complexity index is 666. The van der Waals surface area contributed by atoms with Crippen molar-refractivity contribution in [3.63, 3.8) is 0 Å². The van der Waals surface area contributed by atoms with Crippen LogP contribution >= 0.6 is 0 Å². The van der Waals surface area contributed by atoms with E-state index in [0.717, 1.165) is 22.3 Å². The van der Waals surface area contributed by atoms with E-state index in [1.165, 1.54) is 0 Å². The number of pyridine rings is 1. The number of benzene rings is 1. The van der Waals surface area contributed by atoms with E-state index in [0.29, 0.717) is 18.8 Å². The fourth-order valence-corrected chi connectivity index (χ4v) is 2.74. The Morgan fingerprint density at radius 1 is 1.10 bits per heavy atom. The van der Waals surface area contributed by atoms with Gasteiger partial charge >= 0.3 is 0 Å². The maximum atomic E-state index is 9.69. The normalized spacial score (nSPS) is 24.6. The highest BCUT2D eigenvalue weighted by Gasteiger charge is 2.31. The van der Waals surface area contributed by atoms with Gasteiger partial charge in [0.25, 0.3) is 0 Å². The molecule has 2 N–H and O–H groups in total. The number of fused-ring (bicyclic) bond motifs is 2. The van der Waals surface area contributed by atoms with Crippen molar-refractivity contribution in [2.75, 3.05) is 24.8 Å². The molecule has 2 aliphatic heterocycles. The molecular formula is C14H14N2O4. The van der Waals surface area contributed by atoms with Crippen LogP contribution in [0.1, 0.15) is 0 Å². The minimum Gasteiger partial charge on any atom is -0.454 e. The van der Waals surface area contributed by atoms with Gasteiger partial charge in [-0.25, -0.2) is 4.98 Å². The number of aliphatic hydroxyl groups excluding tert-OH is 2. The van der Waals surface area contributed by atoms with E-state index in [1.54, 1.807) is 6.20 Å². The SMILES string of the molecule is OC1CN(c2nccc3cc4c(cc23)OCO4)CC1O. The molecule has 2 aliphatic rings. The van der Waals surface area contributed by atoms with Gasteiger partial charge in [0.05, 0.1) is 12.2 Å². The maximum absolute atomic E-state index is 9.69. The molecule has 6 nitrogen and oxygen atoms in total. The number of β-amino-alcohol motifs (C(OH)–C–C–N with tert-alkyl or cyclic N) is 2. The van der Waals surface area contributed by atoms with Gasteiger partial charge in [-0.1, -0.05) is 0 Å². The molecule has 20 heavy (non-hydrogen) atoms. The zero-order valence-corrected chi connectivity index (χ0v) is 10.7. The second kappa shape index (κ2) is 4.22. The first-order valence-electron chi connectivity index (χ1n) is 6.52. The summed E-state index contributed by atoms with van der Waals surface area (Å²) < 4.78 is 10.8. The van der Waals surface area contributed by atoms with Gasteiger partial charge < -0.3 is 24.6 Å². The van der Waals surface area contributed by atoms with Crippen LogP contribution in [0.5, 0.6) is 11.5 Å². The van der Waals surface area contributed by atoms with E-state index >= 15 is 0 Å². The van der Waals surface area contributed by atoms with E-state index in [1.807, 2.05) is 23.1 Å². The third kappa shape index (κ3) is 1.69. The van der Waals surface area contributed by atoms with Gasteiger partial charge in [-0.3, -0.25) is 0 Å². The van der Waals surface area contributed by atoms with Crippen molar-refractivity contribution >= 4 is 16.6 Å². The summed E-state index contributed by atoms with van der Waals surface area (Å²) in [6.45, 7) is 0.985. The maximum Gasteiger partial charge on any atom is 0.231 e. The average Bonchev–Trinajstić information content (AvgIpc) is 3.02. The third-order valence-electron chi connectivity index (χ3n) is 3.80. The van der Waals surface area contributed by atoms with Gasteiger partial charge in [-0.15, -0.1) is 0 Å². The van der Waals surface area contributed by atoms with Crippen molar-refractivity contribution < 1.29 is 19.7 Å². The highest BCUT2D eigenvalue weighted by atomic mass is 16.7. The molecule has 0 spiro atoms. The number of aromatic nitrogens is 1. The van der Waals surface area contributed by atoms with Crippen molar-refractivity contribution in [1.82, 2.24) is 4.98 Å². The van der Waals surface area contributed by atoms with Crippen LogP contribution in [-0.2, 0) is 0 Å². The molecule has 0 aliphatic carbocycles. The molecule has 0 radical (unpaired) electrons. The number of anilines is 1. The first kappa shape index (κ1) is 11.7. The van der Waals surface area contributed by atoms with Crippen molar-refractivity contribution in [2.45, 2.75) is 12.2 Å². The number of hydrogen-bond acceptors (Lipinski definition) is 6. The number of rotatable bonds is 1. The largest absolute Gasteiger partial charge is 0.454 e. The smallest absolute Gasteiger partial charge is 0.231 e. The van der Waals surface area contributed by atoms with Crippen LogP contribution in [-0.4, -0.2) is 47.3 Å². The van der Waals surface area contributed by atoms with Crippen LogP contribution in [0.3, 0.4) is 0 Å². The zero-order valence-electron chi connectivity index (χ0n) is 10.7. The minimum absolute atomic E-state index is 0.232. The zero-order chi connectivity index (χ0) is 13.7. The van der Waals surface area contributed by atoms with Gasteiger partial charge in [-0.2, -0.15) is 0 Å². The van der Waals surface area contributed by atoms with Gasteiger partial charge in [0.2, 0.25) is 6.79 Å². The fraction of sp³-hybridized carbons (Fsp3) is 0.357. The van der Waals surface area contributed by atoms with E-state index in [9.17, 15) is 10.2 Å². The van der Waals surface area contributed by atoms with Crippen molar-refractivity contribution in [1.29, 1.82) is 0 Å². The second-order valence-corrected chi connectivity index (χ2v) is 5.10. The molecule has 0 bridgehead atoms. The molecule has 2 aromatic rings. The summed E-state index contributed by atoms with van der Waals surface area (Å²) in [5, 5.41) is 21.3. The first-order valence-corrected chi connectivity index (χ1v) is 6.52. The monoisotopic (exact) mass is 274 g/mol. The molecular weight excluding hydrogens is 260 g/mol. The topological polar surface area (TPSA) is 75.1 Å². The third-order valence-corrected chi connectivity index (χ3v) is 3.80. The van der Waals surface area contributed by atoms with Crippen molar-refractivity contribution in [2.24, 2.45) is 0 Å². The van der Waals surface area contributed by atoms with Gasteiger partial charge in [0, 0.05) is 24.7 Å². The highest BCUT2D eigenvalue weighted by molar-refractivity contribution is 5.94. The second-order valence-electron chi connectivity index (χ2n) is 5.10. The Hall–Kier alpha value is -2.05. The van der Waals surface area contributed by atoms with Crippen LogP contribution in [0, 0.1) is 0 Å². The van der Waals surface area contributed by atoms with Crippen LogP contribution in [0.2, 0.25) is 0 Å². The lowest BCUT2D eigenvalue weighted by Crippen LogP contribution is -2.22. The molecule has 104 valence electrons. The molecule has 1 aromatic heterocycles. The molecule has 6 heteroatoms. The van der Waals surface area contributed by atoms with E-state index in [4.69, 9.17) is 9.47 Å². The van der Waals surface area contributed by atoms with Crippen LogP contribution in [0.4, 0.5) is 5.82 Å². The standard InChI is InChI=1S/C14H14N2O4/c17-10-5-16(6-11(10)18)14-9-4-13-12(19-7-20-13)3-8(9)1-2-15-14/h1-4,10-11,17-18H,5-7H2. The van der Waals surface area contributed by atoms with Crippen LogP contribution < -0.4 is 14.4 Å². The van der Waals surface area contributed by atoms with E-state index in [-0.39, 0.29) is 6.79 Å². The predicted octanol–water partition coefficient (Wildman–Crippen LogP) is 0.505. The number of hydrogen-bond donors (Lipinski definition) is 2. The molecule has 0 saturated carbocycles. The highest BCUT2D eigenvalue weighted by Crippen LogP contribution is 2.39. The number of nitrogens with zero attached hydrogens (tertiary/aromatic N) is 2. The Morgan fingerprint density at radius 2 is 1.80 bits per heavy atom. The lowest BCUT2D eigenvalue weighted by molar-refractivity contribution is 0.0572. The quantitative estimate of drug-likeness (QED) is 0.789. The van der Waals surface area contributed by atoms with Crippen LogP contribution in [0.15, 0.2) is 24.4 Å². The molecule has 1 aromatic carbocycles. The minimum atomic E-state index is -0.735. The Morgan fingerprint density at radius 3 is 2.55 bits per heavy atom. The molecule has 1 saturated heterocycles. The van der Waals surface area contributed by atoms with Gasteiger partial charge in [-0.05, 0) is 23.6 Å². The Labute approximate surface area is 115 Å². The van der Waals surface area contributed by atoms with Gasteiger partial charge in [0.1, 0.15) is 5.82 Å². The Balaban J connectivity index is 1.84. The van der Waals surface area contributed by atoms with Crippen LogP contribution in [0.25, 0.3) is 10.8 Å². The van der Waals surface area contributed by atoms with Gasteiger partial charge in [0.15, 0.2) is 11.5 Å². The molecule has 1 fully saturated rings. The summed E-state index contributed by atoms with van der Waals surface area (Å²) in [6.07, 6.45) is 0.249. The first-order chi connectivity index (χ1) is 9.72. The van der Waals surface area contributed by atoms with Crippen molar-refractivity contribution in [3.05, 3.63) is 24.4 Å². The van der Waals surface area contributed by atoms with E-state index < -0.39 is 12.2 Å². The summed E-state index contributed by atoms with van der Waals surface area (Å²) >= 11 is 0. The number of ether oxygens (including phenoxy) is 2. The summed E-state index contributed by atoms with van der Waals surface area (Å²) in [5.41, 5.74) is 0. The Kier molecular flexibility index (Phi) is 2.48. The summed E-state index contributed by atoms with van der Waals surface area (Å²) in [6, 6.07) is 5.73. The predicted molar refractivity (Wildman–Crippen MR) is 72.1 cm³/mol.